The van der Waals surface area contributed by atoms with Gasteiger partial charge in [-0.05, 0) is 81.0 Å². The van der Waals surface area contributed by atoms with Crippen molar-refractivity contribution in [3.8, 4) is 0 Å². The van der Waals surface area contributed by atoms with Crippen LogP contribution in [0.3, 0.4) is 0 Å². The van der Waals surface area contributed by atoms with Crippen LogP contribution in [-0.2, 0) is 9.59 Å². The summed E-state index contributed by atoms with van der Waals surface area (Å²) >= 11 is 0. The SMILES string of the molecule is CC(=O)[C@@]1(O)CCC2C3CCC4CC(=O)CC[C@]4(C)C3CC[C@@]21C. The number of aliphatic hydroxyl groups is 1. The zero-order chi connectivity index (χ0) is 17.3. The highest BCUT2D eigenvalue weighted by Crippen LogP contribution is 2.68. The Morgan fingerprint density at radius 3 is 2.46 bits per heavy atom. The van der Waals surface area contributed by atoms with E-state index >= 15 is 0 Å². The second kappa shape index (κ2) is 5.16. The lowest BCUT2D eigenvalue weighted by Crippen LogP contribution is -2.58. The van der Waals surface area contributed by atoms with Crippen LogP contribution >= 0.6 is 0 Å². The van der Waals surface area contributed by atoms with Crippen LogP contribution in [0.2, 0.25) is 0 Å². The monoisotopic (exact) mass is 332 g/mol. The van der Waals surface area contributed by atoms with Crippen molar-refractivity contribution in [1.29, 1.82) is 0 Å². The van der Waals surface area contributed by atoms with Crippen molar-refractivity contribution in [2.75, 3.05) is 0 Å². The summed E-state index contributed by atoms with van der Waals surface area (Å²) in [5.74, 6) is 2.78. The van der Waals surface area contributed by atoms with Crippen molar-refractivity contribution in [2.45, 2.75) is 84.2 Å². The van der Waals surface area contributed by atoms with Gasteiger partial charge in [0.1, 0.15) is 11.4 Å². The molecule has 0 aromatic rings. The van der Waals surface area contributed by atoms with Gasteiger partial charge < -0.3 is 5.11 Å². The Bertz CT molecular complexity index is 584. The van der Waals surface area contributed by atoms with Gasteiger partial charge >= 0.3 is 0 Å². The molecule has 3 heteroatoms. The first-order valence-electron chi connectivity index (χ1n) is 9.97. The Balaban J connectivity index is 1.66. The minimum Gasteiger partial charge on any atom is -0.382 e. The summed E-state index contributed by atoms with van der Waals surface area (Å²) in [5, 5.41) is 11.2. The molecular formula is C21H32O3. The smallest absolute Gasteiger partial charge is 0.161 e. The van der Waals surface area contributed by atoms with Crippen LogP contribution in [0.5, 0.6) is 0 Å². The predicted octanol–water partition coefficient (Wildman–Crippen LogP) is 3.92. The highest BCUT2D eigenvalue weighted by molar-refractivity contribution is 5.86. The maximum absolute atomic E-state index is 12.2. The molecule has 4 aliphatic rings. The molecule has 0 bridgehead atoms. The number of ketones is 2. The van der Waals surface area contributed by atoms with Gasteiger partial charge in [-0.2, -0.15) is 0 Å². The molecule has 24 heavy (non-hydrogen) atoms. The van der Waals surface area contributed by atoms with E-state index in [0.29, 0.717) is 41.3 Å². The third-order valence-electron chi connectivity index (χ3n) is 9.22. The molecule has 7 atom stereocenters. The summed E-state index contributed by atoms with van der Waals surface area (Å²) in [6, 6.07) is 0. The van der Waals surface area contributed by atoms with E-state index < -0.39 is 5.60 Å². The van der Waals surface area contributed by atoms with Crippen LogP contribution in [0.1, 0.15) is 78.6 Å². The molecule has 0 spiro atoms. The molecule has 4 aliphatic carbocycles. The van der Waals surface area contributed by atoms with E-state index in [-0.39, 0.29) is 11.2 Å². The fourth-order valence-corrected chi connectivity index (χ4v) is 7.64. The molecule has 0 radical (unpaired) electrons. The number of rotatable bonds is 1. The Labute approximate surface area is 145 Å². The Morgan fingerprint density at radius 2 is 1.75 bits per heavy atom. The lowest BCUT2D eigenvalue weighted by Gasteiger charge is -2.60. The topological polar surface area (TPSA) is 54.4 Å². The highest BCUT2D eigenvalue weighted by atomic mass is 16.3. The maximum atomic E-state index is 12.2. The van der Waals surface area contributed by atoms with Crippen molar-refractivity contribution < 1.29 is 14.7 Å². The van der Waals surface area contributed by atoms with Crippen LogP contribution in [0.4, 0.5) is 0 Å². The second-order valence-electron chi connectivity index (χ2n) is 9.81. The van der Waals surface area contributed by atoms with Crippen LogP contribution in [0, 0.1) is 34.5 Å². The lowest BCUT2D eigenvalue weighted by atomic mass is 9.44. The minimum absolute atomic E-state index is 0.0332. The zero-order valence-corrected chi connectivity index (χ0v) is 15.4. The second-order valence-corrected chi connectivity index (χ2v) is 9.81. The molecule has 0 amide bonds. The molecule has 1 N–H and O–H groups in total. The standard InChI is InChI=1S/C21H32O3/c1-13(22)21(24)11-8-18-16-5-4-14-12-15(23)6-9-19(14,2)17(16)7-10-20(18,21)3/h14,16-18,24H,4-12H2,1-3H3/t14?,16?,17?,18?,19-,20-,21-/m0/s1. The summed E-state index contributed by atoms with van der Waals surface area (Å²) in [4.78, 5) is 24.2. The van der Waals surface area contributed by atoms with Gasteiger partial charge in [0.25, 0.3) is 0 Å². The first-order valence-corrected chi connectivity index (χ1v) is 9.97. The maximum Gasteiger partial charge on any atom is 0.161 e. The van der Waals surface area contributed by atoms with Gasteiger partial charge in [-0.3, -0.25) is 9.59 Å². The molecule has 4 saturated carbocycles. The fourth-order valence-electron chi connectivity index (χ4n) is 7.64. The van der Waals surface area contributed by atoms with E-state index in [0.717, 1.165) is 44.9 Å². The van der Waals surface area contributed by atoms with Crippen LogP contribution < -0.4 is 0 Å². The lowest BCUT2D eigenvalue weighted by molar-refractivity contribution is -0.169. The molecule has 0 aromatic heterocycles. The van der Waals surface area contributed by atoms with E-state index in [9.17, 15) is 14.7 Å². The summed E-state index contributed by atoms with van der Waals surface area (Å²) in [6.45, 7) is 6.20. The van der Waals surface area contributed by atoms with Crippen molar-refractivity contribution in [3.63, 3.8) is 0 Å². The molecule has 0 aromatic carbocycles. The fraction of sp³-hybridized carbons (Fsp3) is 0.905. The zero-order valence-electron chi connectivity index (χ0n) is 15.4. The van der Waals surface area contributed by atoms with E-state index in [1.807, 2.05) is 0 Å². The molecular weight excluding hydrogens is 300 g/mol. The van der Waals surface area contributed by atoms with Crippen molar-refractivity contribution in [1.82, 2.24) is 0 Å². The van der Waals surface area contributed by atoms with Gasteiger partial charge in [-0.15, -0.1) is 0 Å². The largest absolute Gasteiger partial charge is 0.382 e. The molecule has 0 heterocycles. The Morgan fingerprint density at radius 1 is 1.04 bits per heavy atom. The first-order chi connectivity index (χ1) is 11.2. The van der Waals surface area contributed by atoms with Crippen molar-refractivity contribution in [3.05, 3.63) is 0 Å². The molecule has 134 valence electrons. The quantitative estimate of drug-likeness (QED) is 0.792. The molecule has 0 aliphatic heterocycles. The molecule has 3 nitrogen and oxygen atoms in total. The van der Waals surface area contributed by atoms with Crippen molar-refractivity contribution in [2.24, 2.45) is 34.5 Å². The van der Waals surface area contributed by atoms with Gasteiger partial charge in [0.15, 0.2) is 5.78 Å². The molecule has 4 fully saturated rings. The van der Waals surface area contributed by atoms with Gasteiger partial charge in [0, 0.05) is 18.3 Å². The van der Waals surface area contributed by atoms with Gasteiger partial charge in [-0.1, -0.05) is 13.8 Å². The normalized spacial score (nSPS) is 53.9. The number of carbonyl (C=O) groups is 2. The van der Waals surface area contributed by atoms with E-state index in [1.165, 1.54) is 6.42 Å². The molecule has 0 saturated heterocycles. The van der Waals surface area contributed by atoms with E-state index in [1.54, 1.807) is 6.92 Å². The third kappa shape index (κ3) is 1.94. The third-order valence-corrected chi connectivity index (χ3v) is 9.22. The number of hydrogen-bond donors (Lipinski definition) is 1. The summed E-state index contributed by atoms with van der Waals surface area (Å²) in [7, 11) is 0. The Hall–Kier alpha value is -0.700. The van der Waals surface area contributed by atoms with Crippen molar-refractivity contribution >= 4 is 11.6 Å². The van der Waals surface area contributed by atoms with Crippen LogP contribution in [0.15, 0.2) is 0 Å². The summed E-state index contributed by atoms with van der Waals surface area (Å²) < 4.78 is 0. The summed E-state index contributed by atoms with van der Waals surface area (Å²) in [5.41, 5.74) is -1.05. The summed E-state index contributed by atoms with van der Waals surface area (Å²) in [6.07, 6.45) is 8.67. The van der Waals surface area contributed by atoms with Gasteiger partial charge in [0.05, 0.1) is 0 Å². The average molecular weight is 332 g/mol. The first kappa shape index (κ1) is 16.8. The van der Waals surface area contributed by atoms with Gasteiger partial charge in [-0.25, -0.2) is 0 Å². The number of carbonyl (C=O) groups excluding carboxylic acids is 2. The molecule has 4 unspecified atom stereocenters. The molecule has 4 rings (SSSR count). The minimum atomic E-state index is -1.11. The highest BCUT2D eigenvalue weighted by Gasteiger charge is 2.65. The Kier molecular flexibility index (Phi) is 3.60. The van der Waals surface area contributed by atoms with E-state index in [4.69, 9.17) is 0 Å². The number of Topliss-reactive ketones (excluding diaryl/α,β-unsaturated/α-hetero) is 2. The van der Waals surface area contributed by atoms with E-state index in [2.05, 4.69) is 13.8 Å². The van der Waals surface area contributed by atoms with Crippen LogP contribution in [-0.4, -0.2) is 22.3 Å². The van der Waals surface area contributed by atoms with Crippen LogP contribution in [0.25, 0.3) is 0 Å². The van der Waals surface area contributed by atoms with Gasteiger partial charge in [0.2, 0.25) is 0 Å². The number of fused-ring (bicyclic) bond motifs is 5. The average Bonchev–Trinajstić information content (AvgIpc) is 2.81. The number of hydrogen-bond acceptors (Lipinski definition) is 3. The predicted molar refractivity (Wildman–Crippen MR) is 92.4 cm³/mol.